The van der Waals surface area contributed by atoms with Crippen LogP contribution in [0.4, 0.5) is 4.79 Å². The van der Waals surface area contributed by atoms with Crippen molar-refractivity contribution in [2.24, 2.45) is 0 Å². The van der Waals surface area contributed by atoms with Crippen molar-refractivity contribution in [3.05, 3.63) is 90.0 Å². The molecule has 0 spiro atoms. The van der Waals surface area contributed by atoms with Gasteiger partial charge in [0.2, 0.25) is 0 Å². The first-order valence-corrected chi connectivity index (χ1v) is 9.02. The number of nitrogens with zero attached hydrogens (tertiary/aromatic N) is 1. The molecular formula is C23H19NO4. The molecule has 0 aromatic heterocycles. The summed E-state index contributed by atoms with van der Waals surface area (Å²) in [5.41, 5.74) is 2.59. The van der Waals surface area contributed by atoms with Crippen LogP contribution in [0.3, 0.4) is 0 Å². The van der Waals surface area contributed by atoms with E-state index in [1.165, 1.54) is 4.90 Å². The predicted molar refractivity (Wildman–Crippen MR) is 107 cm³/mol. The Balaban J connectivity index is 1.57. The van der Waals surface area contributed by atoms with Crippen molar-refractivity contribution in [2.45, 2.75) is 12.6 Å². The molecule has 0 saturated carbocycles. The van der Waals surface area contributed by atoms with Crippen LogP contribution in [0.5, 0.6) is 0 Å². The summed E-state index contributed by atoms with van der Waals surface area (Å²) >= 11 is 0. The second kappa shape index (κ2) is 7.56. The molecule has 4 rings (SSSR count). The Bertz CT molecular complexity index is 1050. The van der Waals surface area contributed by atoms with Crippen molar-refractivity contribution in [1.82, 2.24) is 4.90 Å². The van der Waals surface area contributed by atoms with Gasteiger partial charge in [-0.2, -0.15) is 0 Å². The topological polar surface area (TPSA) is 66.8 Å². The number of ether oxygens (including phenoxy) is 1. The number of carbonyl (C=O) groups excluding carboxylic acids is 1. The van der Waals surface area contributed by atoms with E-state index in [-0.39, 0.29) is 13.2 Å². The summed E-state index contributed by atoms with van der Waals surface area (Å²) in [4.78, 5) is 25.6. The molecule has 28 heavy (non-hydrogen) atoms. The van der Waals surface area contributed by atoms with Crippen LogP contribution >= 0.6 is 0 Å². The molecule has 5 nitrogen and oxygen atoms in total. The largest absolute Gasteiger partial charge is 0.479 e. The second-order valence-corrected chi connectivity index (χ2v) is 6.67. The van der Waals surface area contributed by atoms with Gasteiger partial charge in [0.05, 0.1) is 6.54 Å². The van der Waals surface area contributed by atoms with Crippen LogP contribution in [0.15, 0.2) is 78.9 Å². The number of amides is 1. The van der Waals surface area contributed by atoms with Gasteiger partial charge in [-0.3, -0.25) is 4.90 Å². The van der Waals surface area contributed by atoms with Crippen LogP contribution in [0.1, 0.15) is 11.1 Å². The third-order valence-corrected chi connectivity index (χ3v) is 4.86. The minimum atomic E-state index is -1.08. The summed E-state index contributed by atoms with van der Waals surface area (Å²) < 4.78 is 5.35. The van der Waals surface area contributed by atoms with Crippen molar-refractivity contribution in [1.29, 1.82) is 0 Å². The van der Waals surface area contributed by atoms with Crippen molar-refractivity contribution in [3.63, 3.8) is 0 Å². The van der Waals surface area contributed by atoms with Crippen LogP contribution in [0.25, 0.3) is 16.3 Å². The molecule has 1 atom stereocenters. The van der Waals surface area contributed by atoms with Gasteiger partial charge >= 0.3 is 12.1 Å². The fraction of sp³-hybridized carbons (Fsp3) is 0.130. The van der Waals surface area contributed by atoms with Crippen molar-refractivity contribution in [2.75, 3.05) is 6.54 Å². The molecule has 1 N–H and O–H groups in total. The molecule has 0 unspecified atom stereocenters. The first-order chi connectivity index (χ1) is 13.6. The molecule has 0 bridgehead atoms. The molecule has 1 aliphatic rings. The van der Waals surface area contributed by atoms with Gasteiger partial charge < -0.3 is 9.84 Å². The van der Waals surface area contributed by atoms with Gasteiger partial charge in [-0.25, -0.2) is 9.59 Å². The Morgan fingerprint density at radius 3 is 2.46 bits per heavy atom. The van der Waals surface area contributed by atoms with Crippen LogP contribution < -0.4 is 0 Å². The zero-order valence-corrected chi connectivity index (χ0v) is 15.1. The summed E-state index contributed by atoms with van der Waals surface area (Å²) in [6.07, 6.45) is 0.996. The first-order valence-electron chi connectivity index (χ1n) is 9.02. The van der Waals surface area contributed by atoms with Crippen LogP contribution in [-0.4, -0.2) is 34.7 Å². The fourth-order valence-corrected chi connectivity index (χ4v) is 3.48. The third-order valence-electron chi connectivity index (χ3n) is 4.86. The van der Waals surface area contributed by atoms with E-state index in [1.54, 1.807) is 6.08 Å². The van der Waals surface area contributed by atoms with Gasteiger partial charge in [-0.15, -0.1) is 0 Å². The Labute approximate surface area is 162 Å². The summed E-state index contributed by atoms with van der Waals surface area (Å²) in [5, 5.41) is 11.7. The number of benzene rings is 3. The maximum Gasteiger partial charge on any atom is 0.411 e. The average Bonchev–Trinajstić information content (AvgIpc) is 3.18. The number of hydrogen-bond acceptors (Lipinski definition) is 3. The zero-order valence-electron chi connectivity index (χ0n) is 15.1. The number of carboxylic acid groups (broad SMARTS) is 1. The van der Waals surface area contributed by atoms with Crippen LogP contribution in [0.2, 0.25) is 0 Å². The molecular weight excluding hydrogens is 354 g/mol. The van der Waals surface area contributed by atoms with Crippen molar-refractivity contribution in [3.8, 4) is 0 Å². The lowest BCUT2D eigenvalue weighted by molar-refractivity contribution is -0.140. The smallest absolute Gasteiger partial charge is 0.411 e. The van der Waals surface area contributed by atoms with E-state index in [4.69, 9.17) is 4.74 Å². The number of carbonyl (C=O) groups is 2. The highest BCUT2D eigenvalue weighted by atomic mass is 16.6. The van der Waals surface area contributed by atoms with Gasteiger partial charge in [-0.05, 0) is 33.5 Å². The minimum absolute atomic E-state index is 0.103. The Kier molecular flexibility index (Phi) is 4.81. The number of fused-ring (bicyclic) bond motifs is 1. The van der Waals surface area contributed by atoms with Gasteiger partial charge in [0.25, 0.3) is 0 Å². The number of carboxylic acids is 1. The van der Waals surface area contributed by atoms with E-state index in [9.17, 15) is 14.7 Å². The summed E-state index contributed by atoms with van der Waals surface area (Å²) in [7, 11) is 0. The normalized spacial score (nSPS) is 16.1. The molecule has 1 heterocycles. The fourth-order valence-electron chi connectivity index (χ4n) is 3.48. The third kappa shape index (κ3) is 3.47. The first kappa shape index (κ1) is 17.8. The summed E-state index contributed by atoms with van der Waals surface area (Å²) in [6, 6.07) is 22.1. The SMILES string of the molecule is O=C(O)[C@@H]1C=C(c2cccc3ccccc23)CN1C(=O)OCc1ccccc1. The maximum atomic E-state index is 12.6. The number of aliphatic carboxylic acids is 1. The Hall–Kier alpha value is -3.60. The molecule has 1 amide bonds. The molecule has 3 aromatic rings. The minimum Gasteiger partial charge on any atom is -0.479 e. The van der Waals surface area contributed by atoms with E-state index in [1.807, 2.05) is 72.8 Å². The number of hydrogen-bond donors (Lipinski definition) is 1. The van der Waals surface area contributed by atoms with Crippen molar-refractivity contribution >= 4 is 28.4 Å². The highest BCUT2D eigenvalue weighted by Crippen LogP contribution is 2.31. The quantitative estimate of drug-likeness (QED) is 0.739. The van der Waals surface area contributed by atoms with Gasteiger partial charge in [0.15, 0.2) is 6.04 Å². The van der Waals surface area contributed by atoms with Crippen LogP contribution in [-0.2, 0) is 16.1 Å². The van der Waals surface area contributed by atoms with Gasteiger partial charge in [0, 0.05) is 0 Å². The Morgan fingerprint density at radius 1 is 0.964 bits per heavy atom. The lowest BCUT2D eigenvalue weighted by atomic mass is 9.98. The van der Waals surface area contributed by atoms with E-state index in [0.717, 1.165) is 27.5 Å². The van der Waals surface area contributed by atoms with E-state index >= 15 is 0 Å². The zero-order chi connectivity index (χ0) is 19.5. The number of rotatable bonds is 4. The lowest BCUT2D eigenvalue weighted by Crippen LogP contribution is -2.41. The van der Waals surface area contributed by atoms with E-state index < -0.39 is 18.1 Å². The molecule has 5 heteroatoms. The molecule has 140 valence electrons. The molecule has 0 saturated heterocycles. The lowest BCUT2D eigenvalue weighted by Gasteiger charge is -2.21. The monoisotopic (exact) mass is 373 g/mol. The van der Waals surface area contributed by atoms with Gasteiger partial charge in [0.1, 0.15) is 6.61 Å². The molecule has 3 aromatic carbocycles. The maximum absolute atomic E-state index is 12.6. The highest BCUT2D eigenvalue weighted by Gasteiger charge is 2.35. The van der Waals surface area contributed by atoms with Crippen LogP contribution in [0, 0.1) is 0 Å². The Morgan fingerprint density at radius 2 is 1.68 bits per heavy atom. The predicted octanol–water partition coefficient (Wildman–Crippen LogP) is 4.33. The molecule has 0 fully saturated rings. The molecule has 0 radical (unpaired) electrons. The van der Waals surface area contributed by atoms with Gasteiger partial charge in [-0.1, -0.05) is 72.8 Å². The molecule has 1 aliphatic heterocycles. The standard InChI is InChI=1S/C23H19NO4/c25-22(26)21-13-18(20-12-6-10-17-9-4-5-11-19(17)20)14-24(21)23(27)28-15-16-7-2-1-3-8-16/h1-13,21H,14-15H2,(H,25,26)/t21-/m0/s1. The molecule has 0 aliphatic carbocycles. The second-order valence-electron chi connectivity index (χ2n) is 6.67. The average molecular weight is 373 g/mol. The highest BCUT2D eigenvalue weighted by molar-refractivity contribution is 5.97. The van der Waals surface area contributed by atoms with E-state index in [2.05, 4.69) is 0 Å². The van der Waals surface area contributed by atoms with Crippen molar-refractivity contribution < 1.29 is 19.4 Å². The summed E-state index contributed by atoms with van der Waals surface area (Å²) in [6.45, 7) is 0.296. The summed E-state index contributed by atoms with van der Waals surface area (Å²) in [5.74, 6) is -1.08. The van der Waals surface area contributed by atoms with E-state index in [0.29, 0.717) is 0 Å².